The van der Waals surface area contributed by atoms with Gasteiger partial charge in [0, 0.05) is 0 Å². The predicted octanol–water partition coefficient (Wildman–Crippen LogP) is 1.46. The Morgan fingerprint density at radius 1 is 0.917 bits per heavy atom. The van der Waals surface area contributed by atoms with Gasteiger partial charge >= 0.3 is 163 Å². The molecule has 0 aromatic heterocycles. The maximum atomic E-state index is 13.1. The number of hydrogen-bond donors (Lipinski definition) is 0. The molecular weight excluding hydrogens is 551 g/mol. The molecule has 132 valence electrons. The van der Waals surface area contributed by atoms with E-state index >= 15 is 0 Å². The van der Waals surface area contributed by atoms with Gasteiger partial charge in [0.25, 0.3) is 0 Å². The Bertz CT molecular complexity index is 708. The van der Waals surface area contributed by atoms with Crippen molar-refractivity contribution >= 4 is 22.6 Å². The first-order chi connectivity index (χ1) is 11.3. The van der Waals surface area contributed by atoms with Crippen LogP contribution in [-0.2, 0) is 6.18 Å². The third kappa shape index (κ3) is 4.38. The molecule has 2 aromatic carbocycles. The quantitative estimate of drug-likeness (QED) is 0.515. The Morgan fingerprint density at radius 2 is 1.50 bits per heavy atom. The van der Waals surface area contributed by atoms with E-state index in [1.54, 1.807) is 40.8 Å². The summed E-state index contributed by atoms with van der Waals surface area (Å²) >= 11 is 0.765. The Morgan fingerprint density at radius 3 is 1.96 bits per heavy atom. The van der Waals surface area contributed by atoms with E-state index in [1.807, 2.05) is 0 Å². The van der Waals surface area contributed by atoms with Crippen LogP contribution in [0.1, 0.15) is 5.56 Å². The fourth-order valence-corrected chi connectivity index (χ4v) is 5.31. The van der Waals surface area contributed by atoms with E-state index in [-0.39, 0.29) is 3.57 Å². The van der Waals surface area contributed by atoms with Crippen LogP contribution in [0.3, 0.4) is 0 Å². The summed E-state index contributed by atoms with van der Waals surface area (Å²) in [5, 5.41) is 0. The average molecular weight is 565 g/mol. The van der Waals surface area contributed by atoms with Crippen molar-refractivity contribution in [2.24, 2.45) is 0 Å². The molecule has 3 nitrogen and oxygen atoms in total. The standard InChI is InChI=1S/C16H14F3I2O3/c1-22-10-7-13(23-2)15(14(8-10)24-3)21-9-4-5-12(20)11(6-9)16(17,18)19/h4-8H,1-3H3/q-1. The number of benzene rings is 2. The second kappa shape index (κ2) is 7.98. The fraction of sp³-hybridized carbons (Fsp3) is 0.250. The minimum absolute atomic E-state index is 0.182. The number of hydrogen-bond acceptors (Lipinski definition) is 3. The number of halogens is 5. The molecule has 0 fully saturated rings. The normalized spacial score (nSPS) is 11.5. The van der Waals surface area contributed by atoms with Gasteiger partial charge in [0.1, 0.15) is 0 Å². The van der Waals surface area contributed by atoms with Gasteiger partial charge in [-0.15, -0.1) is 0 Å². The summed E-state index contributed by atoms with van der Waals surface area (Å²) < 4.78 is 56.8. The third-order valence-corrected chi connectivity index (χ3v) is 6.93. The van der Waals surface area contributed by atoms with Crippen LogP contribution in [0, 0.1) is 10.7 Å². The van der Waals surface area contributed by atoms with Gasteiger partial charge in [-0.25, -0.2) is 0 Å². The first kappa shape index (κ1) is 19.4. The van der Waals surface area contributed by atoms with Crippen LogP contribution in [0.2, 0.25) is 0 Å². The van der Waals surface area contributed by atoms with E-state index in [0.29, 0.717) is 20.8 Å². The van der Waals surface area contributed by atoms with Gasteiger partial charge in [-0.2, -0.15) is 0 Å². The van der Waals surface area contributed by atoms with Crippen molar-refractivity contribution in [2.45, 2.75) is 6.18 Å². The molecule has 0 unspecified atom stereocenters. The third-order valence-electron chi connectivity index (χ3n) is 3.09. The van der Waals surface area contributed by atoms with E-state index in [1.165, 1.54) is 33.5 Å². The van der Waals surface area contributed by atoms with Crippen LogP contribution in [0.4, 0.5) is 13.2 Å². The molecule has 0 atom stereocenters. The van der Waals surface area contributed by atoms with Crippen molar-refractivity contribution in [1.82, 2.24) is 0 Å². The molecule has 0 heterocycles. The van der Waals surface area contributed by atoms with Gasteiger partial charge in [0.2, 0.25) is 0 Å². The topological polar surface area (TPSA) is 27.7 Å². The summed E-state index contributed by atoms with van der Waals surface area (Å²) in [5.74, 6) is 1.66. The maximum absolute atomic E-state index is 13.1. The number of methoxy groups -OCH3 is 3. The molecule has 0 aliphatic carbocycles. The molecule has 0 saturated carbocycles. The molecule has 0 bridgehead atoms. The van der Waals surface area contributed by atoms with Crippen molar-refractivity contribution in [3.05, 3.63) is 46.6 Å². The van der Waals surface area contributed by atoms with Crippen LogP contribution in [0.15, 0.2) is 30.3 Å². The molecule has 24 heavy (non-hydrogen) atoms. The zero-order valence-corrected chi connectivity index (χ0v) is 17.3. The van der Waals surface area contributed by atoms with Gasteiger partial charge in [0.15, 0.2) is 0 Å². The Labute approximate surface area is 161 Å². The number of ether oxygens (including phenoxy) is 3. The van der Waals surface area contributed by atoms with Crippen molar-refractivity contribution in [3.63, 3.8) is 0 Å². The van der Waals surface area contributed by atoms with E-state index < -0.39 is 32.9 Å². The Balaban J connectivity index is 2.48. The molecule has 0 amide bonds. The Kier molecular flexibility index (Phi) is 6.46. The van der Waals surface area contributed by atoms with Crippen molar-refractivity contribution < 1.29 is 48.6 Å². The van der Waals surface area contributed by atoms with E-state index in [4.69, 9.17) is 14.2 Å². The predicted molar refractivity (Wildman–Crippen MR) is 87.7 cm³/mol. The van der Waals surface area contributed by atoms with Gasteiger partial charge in [0.05, 0.1) is 0 Å². The first-order valence-corrected chi connectivity index (χ1v) is 9.85. The molecule has 2 aromatic rings. The molecule has 8 heteroatoms. The van der Waals surface area contributed by atoms with Crippen LogP contribution < -0.4 is 35.4 Å². The van der Waals surface area contributed by atoms with Crippen molar-refractivity contribution in [2.75, 3.05) is 21.3 Å². The van der Waals surface area contributed by atoms with Gasteiger partial charge in [-0.1, -0.05) is 0 Å². The molecular formula is C16H14F3I2O3-. The molecule has 0 radical (unpaired) electrons. The van der Waals surface area contributed by atoms with Gasteiger partial charge < -0.3 is 0 Å². The summed E-state index contributed by atoms with van der Waals surface area (Å²) in [5.41, 5.74) is -0.619. The van der Waals surface area contributed by atoms with E-state index in [2.05, 4.69) is 0 Å². The molecule has 0 N–H and O–H groups in total. The van der Waals surface area contributed by atoms with Gasteiger partial charge in [-0.3, -0.25) is 0 Å². The van der Waals surface area contributed by atoms with Gasteiger partial charge in [-0.05, 0) is 0 Å². The summed E-state index contributed by atoms with van der Waals surface area (Å²) in [7, 11) is 4.55. The zero-order chi connectivity index (χ0) is 17.9. The second-order valence-electron chi connectivity index (χ2n) is 4.56. The summed E-state index contributed by atoms with van der Waals surface area (Å²) in [6, 6.07) is 7.82. The summed E-state index contributed by atoms with van der Waals surface area (Å²) in [4.78, 5) is 0. The summed E-state index contributed by atoms with van der Waals surface area (Å²) in [6.07, 6.45) is -4.37. The second-order valence-corrected chi connectivity index (χ2v) is 8.59. The minimum atomic E-state index is -4.37. The average Bonchev–Trinajstić information content (AvgIpc) is 2.55. The van der Waals surface area contributed by atoms with Crippen LogP contribution in [0.5, 0.6) is 17.2 Å². The number of rotatable bonds is 5. The number of alkyl halides is 3. The zero-order valence-electron chi connectivity index (χ0n) is 13.0. The molecule has 2 rings (SSSR count). The molecule has 0 saturated heterocycles. The first-order valence-electron chi connectivity index (χ1n) is 6.61. The van der Waals surface area contributed by atoms with Crippen LogP contribution >= 0.6 is 22.6 Å². The van der Waals surface area contributed by atoms with Crippen molar-refractivity contribution in [1.29, 1.82) is 0 Å². The van der Waals surface area contributed by atoms with E-state index in [9.17, 15) is 13.2 Å². The monoisotopic (exact) mass is 565 g/mol. The molecule has 0 aliphatic heterocycles. The molecule has 0 spiro atoms. The van der Waals surface area contributed by atoms with Crippen molar-refractivity contribution in [3.8, 4) is 17.2 Å². The van der Waals surface area contributed by atoms with Crippen LogP contribution in [-0.4, -0.2) is 21.3 Å². The SMILES string of the molecule is COc1cc(OC)c([I-]c2ccc(I)c(C(F)(F)F)c2)c(OC)c1. The fourth-order valence-electron chi connectivity index (χ4n) is 1.94. The summed E-state index contributed by atoms with van der Waals surface area (Å²) in [6.45, 7) is 0. The Hall–Kier alpha value is -0.910. The molecule has 0 aliphatic rings. The van der Waals surface area contributed by atoms with E-state index in [0.717, 1.165) is 3.57 Å². The van der Waals surface area contributed by atoms with Crippen LogP contribution in [0.25, 0.3) is 0 Å².